The molecule has 0 bridgehead atoms. The van der Waals surface area contributed by atoms with Crippen LogP contribution in [0.25, 0.3) is 0 Å². The van der Waals surface area contributed by atoms with Gasteiger partial charge < -0.3 is 0 Å². The van der Waals surface area contributed by atoms with Crippen molar-refractivity contribution in [1.82, 2.24) is 0 Å². The van der Waals surface area contributed by atoms with Crippen molar-refractivity contribution in [3.63, 3.8) is 0 Å². The third kappa shape index (κ3) is 12.5. The first kappa shape index (κ1) is 22.0. The molecule has 0 rings (SSSR count). The highest BCUT2D eigenvalue weighted by Gasteiger charge is 2.17. The molecule has 0 aromatic carbocycles. The highest BCUT2D eigenvalue weighted by Crippen LogP contribution is 2.29. The van der Waals surface area contributed by atoms with Gasteiger partial charge in [-0.15, -0.1) is 0 Å². The molecule has 0 saturated carbocycles. The molecule has 0 saturated heterocycles. The lowest BCUT2D eigenvalue weighted by molar-refractivity contribution is 0.268. The van der Waals surface area contributed by atoms with Gasteiger partial charge in [0, 0.05) is 0 Å². The average molecular weight is 311 g/mol. The molecule has 0 aliphatic carbocycles. The summed E-state index contributed by atoms with van der Waals surface area (Å²) in [5, 5.41) is 0. The summed E-state index contributed by atoms with van der Waals surface area (Å²) in [5.41, 5.74) is 0. The molecule has 1 unspecified atom stereocenters. The molecule has 0 fully saturated rings. The molecular formula is C22H46. The zero-order valence-electron chi connectivity index (χ0n) is 17.3. The van der Waals surface area contributed by atoms with E-state index in [0.717, 1.165) is 41.4 Å². The molecule has 0 heterocycles. The van der Waals surface area contributed by atoms with Gasteiger partial charge in [0.05, 0.1) is 0 Å². The Balaban J connectivity index is 3.98. The standard InChI is InChI=1S/C22H46/c1-16(2)10-18(5)12-20(7)14-22(9)15-21(8)13-19(6)11-17(3)4/h16-22H,10-15H2,1-9H3/t18-,19+,20+,21-,22?. The van der Waals surface area contributed by atoms with Crippen molar-refractivity contribution in [2.24, 2.45) is 41.4 Å². The van der Waals surface area contributed by atoms with Crippen molar-refractivity contribution >= 4 is 0 Å². The lowest BCUT2D eigenvalue weighted by atomic mass is 9.81. The Bertz CT molecular complexity index is 227. The minimum Gasteiger partial charge on any atom is -0.0628 e. The van der Waals surface area contributed by atoms with Crippen LogP contribution in [0, 0.1) is 41.4 Å². The first-order valence-corrected chi connectivity index (χ1v) is 10.1. The van der Waals surface area contributed by atoms with Crippen molar-refractivity contribution in [3.05, 3.63) is 0 Å². The van der Waals surface area contributed by atoms with E-state index in [1.807, 2.05) is 0 Å². The maximum absolute atomic E-state index is 2.48. The molecule has 0 aliphatic rings. The molecular weight excluding hydrogens is 264 g/mol. The largest absolute Gasteiger partial charge is 0.0628 e. The fourth-order valence-electron chi connectivity index (χ4n) is 4.84. The van der Waals surface area contributed by atoms with Crippen molar-refractivity contribution < 1.29 is 0 Å². The van der Waals surface area contributed by atoms with Gasteiger partial charge in [-0.1, -0.05) is 62.3 Å². The van der Waals surface area contributed by atoms with Gasteiger partial charge in [-0.2, -0.15) is 0 Å². The van der Waals surface area contributed by atoms with Crippen LogP contribution in [0.3, 0.4) is 0 Å². The highest BCUT2D eigenvalue weighted by molar-refractivity contribution is 4.68. The van der Waals surface area contributed by atoms with Crippen molar-refractivity contribution in [2.45, 2.75) is 101 Å². The predicted octanol–water partition coefficient (Wildman–Crippen LogP) is 7.82. The van der Waals surface area contributed by atoms with E-state index in [2.05, 4.69) is 62.3 Å². The van der Waals surface area contributed by atoms with Gasteiger partial charge in [-0.3, -0.25) is 0 Å². The fraction of sp³-hybridized carbons (Fsp3) is 1.00. The van der Waals surface area contributed by atoms with Crippen LogP contribution in [0.1, 0.15) is 101 Å². The molecule has 0 spiro atoms. The normalized spacial score (nSPS) is 19.2. The second-order valence-electron chi connectivity index (χ2n) is 9.73. The lowest BCUT2D eigenvalue weighted by Gasteiger charge is -2.25. The van der Waals surface area contributed by atoms with E-state index < -0.39 is 0 Å². The molecule has 0 amide bonds. The van der Waals surface area contributed by atoms with Crippen LogP contribution < -0.4 is 0 Å². The van der Waals surface area contributed by atoms with Gasteiger partial charge in [-0.25, -0.2) is 0 Å². The first-order valence-electron chi connectivity index (χ1n) is 10.1. The minimum absolute atomic E-state index is 0.849. The third-order valence-electron chi connectivity index (χ3n) is 4.97. The zero-order valence-corrected chi connectivity index (χ0v) is 17.3. The minimum atomic E-state index is 0.849. The van der Waals surface area contributed by atoms with Crippen LogP contribution in [0.2, 0.25) is 0 Å². The summed E-state index contributed by atoms with van der Waals surface area (Å²) in [7, 11) is 0. The Kier molecular flexibility index (Phi) is 11.5. The Morgan fingerprint density at radius 1 is 0.318 bits per heavy atom. The van der Waals surface area contributed by atoms with Crippen LogP contribution in [-0.2, 0) is 0 Å². The molecule has 5 atom stereocenters. The third-order valence-corrected chi connectivity index (χ3v) is 4.97. The van der Waals surface area contributed by atoms with E-state index >= 15 is 0 Å². The lowest BCUT2D eigenvalue weighted by Crippen LogP contribution is -2.13. The van der Waals surface area contributed by atoms with Crippen LogP contribution in [-0.4, -0.2) is 0 Å². The predicted molar refractivity (Wildman–Crippen MR) is 103 cm³/mol. The van der Waals surface area contributed by atoms with Gasteiger partial charge >= 0.3 is 0 Å². The molecule has 0 aromatic heterocycles. The summed E-state index contributed by atoms with van der Waals surface area (Å²) >= 11 is 0. The Hall–Kier alpha value is 0. The average Bonchev–Trinajstić information content (AvgIpc) is 2.23. The van der Waals surface area contributed by atoms with Gasteiger partial charge in [-0.05, 0) is 80.0 Å². The number of hydrogen-bond donors (Lipinski definition) is 0. The zero-order chi connectivity index (χ0) is 17.3. The molecule has 0 heteroatoms. The smallest absolute Gasteiger partial charge is 0.0438 e. The molecule has 0 N–H and O–H groups in total. The van der Waals surface area contributed by atoms with Crippen LogP contribution >= 0.6 is 0 Å². The van der Waals surface area contributed by atoms with Gasteiger partial charge in [0.25, 0.3) is 0 Å². The summed E-state index contributed by atoms with van der Waals surface area (Å²) in [6.07, 6.45) is 8.46. The summed E-state index contributed by atoms with van der Waals surface area (Å²) < 4.78 is 0. The molecule has 0 aliphatic heterocycles. The maximum atomic E-state index is 2.48. The highest BCUT2D eigenvalue weighted by atomic mass is 14.2. The van der Waals surface area contributed by atoms with Gasteiger partial charge in [0.1, 0.15) is 0 Å². The van der Waals surface area contributed by atoms with Crippen LogP contribution in [0.4, 0.5) is 0 Å². The second kappa shape index (κ2) is 11.5. The Labute approximate surface area is 142 Å². The summed E-state index contributed by atoms with van der Waals surface area (Å²) in [5.74, 6) is 6.16. The maximum Gasteiger partial charge on any atom is -0.0438 e. The van der Waals surface area contributed by atoms with E-state index in [1.165, 1.54) is 38.5 Å². The van der Waals surface area contributed by atoms with E-state index in [9.17, 15) is 0 Å². The van der Waals surface area contributed by atoms with Crippen molar-refractivity contribution in [2.75, 3.05) is 0 Å². The summed E-state index contributed by atoms with van der Waals surface area (Å²) in [6.45, 7) is 21.7. The van der Waals surface area contributed by atoms with Crippen molar-refractivity contribution in [3.8, 4) is 0 Å². The topological polar surface area (TPSA) is 0 Å². The van der Waals surface area contributed by atoms with Gasteiger partial charge in [0.15, 0.2) is 0 Å². The van der Waals surface area contributed by atoms with E-state index in [4.69, 9.17) is 0 Å². The Morgan fingerprint density at radius 2 is 0.500 bits per heavy atom. The van der Waals surface area contributed by atoms with Crippen LogP contribution in [0.5, 0.6) is 0 Å². The van der Waals surface area contributed by atoms with Crippen molar-refractivity contribution in [1.29, 1.82) is 0 Å². The monoisotopic (exact) mass is 310 g/mol. The molecule has 134 valence electrons. The fourth-order valence-corrected chi connectivity index (χ4v) is 4.84. The number of hydrogen-bond acceptors (Lipinski definition) is 0. The molecule has 0 aromatic rings. The van der Waals surface area contributed by atoms with Gasteiger partial charge in [0.2, 0.25) is 0 Å². The molecule has 0 radical (unpaired) electrons. The molecule has 22 heavy (non-hydrogen) atoms. The second-order valence-corrected chi connectivity index (χ2v) is 9.73. The van der Waals surface area contributed by atoms with E-state index in [0.29, 0.717) is 0 Å². The summed E-state index contributed by atoms with van der Waals surface area (Å²) in [4.78, 5) is 0. The summed E-state index contributed by atoms with van der Waals surface area (Å²) in [6, 6.07) is 0. The SMILES string of the molecule is CC(C)C[C@@H](C)C[C@H](C)CC(C)C[C@H](C)C[C@@H](C)CC(C)C. The molecule has 0 nitrogen and oxygen atoms in total. The Morgan fingerprint density at radius 3 is 0.682 bits per heavy atom. The van der Waals surface area contributed by atoms with Crippen LogP contribution in [0.15, 0.2) is 0 Å². The van der Waals surface area contributed by atoms with E-state index in [1.54, 1.807) is 0 Å². The first-order chi connectivity index (χ1) is 10.1. The number of rotatable bonds is 12. The van der Waals surface area contributed by atoms with E-state index in [-0.39, 0.29) is 0 Å². The quantitative estimate of drug-likeness (QED) is 0.344.